The number of fused-ring (bicyclic) bond motifs is 3. The van der Waals surface area contributed by atoms with Gasteiger partial charge in [0, 0.05) is 15.4 Å². The fourth-order valence-corrected chi connectivity index (χ4v) is 7.50. The molecule has 0 aromatic heterocycles. The Morgan fingerprint density at radius 1 is 0.933 bits per heavy atom. The number of alkyl halides is 1. The average Bonchev–Trinajstić information content (AvgIpc) is 3.20. The fraction of sp³-hybridized carbons (Fsp3) is 0.778. The summed E-state index contributed by atoms with van der Waals surface area (Å²) in [5.41, 5.74) is 4.29. The second-order valence-corrected chi connectivity index (χ2v) is 11.7. The largest absolute Gasteiger partial charge is 0.122 e. The average molecular weight is 472 g/mol. The van der Waals surface area contributed by atoms with Crippen LogP contribution in [0.25, 0.3) is 0 Å². The number of allylic oxidation sites excluding steroid dienone is 6. The molecule has 0 N–H and O–H groups in total. The minimum Gasteiger partial charge on any atom is -0.122 e. The van der Waals surface area contributed by atoms with Crippen LogP contribution in [0, 0.1) is 29.6 Å². The van der Waals surface area contributed by atoms with Gasteiger partial charge in [0.2, 0.25) is 0 Å². The molecule has 6 unspecified atom stereocenters. The van der Waals surface area contributed by atoms with Gasteiger partial charge >= 0.3 is 0 Å². The topological polar surface area (TPSA) is 0 Å². The van der Waals surface area contributed by atoms with Crippen molar-refractivity contribution in [1.29, 1.82) is 0 Å². The van der Waals surface area contributed by atoms with Gasteiger partial charge in [-0.1, -0.05) is 74.0 Å². The SMILES string of the molecule is CCCC1=C(/Cl)CC(C)C(CCC)C(Cl)C2CC/C(=C(\Cl)CC3CCC3\C=C\1C)C2. The molecule has 0 aliphatic heterocycles. The highest BCUT2D eigenvalue weighted by molar-refractivity contribution is 6.30. The molecule has 170 valence electrons. The third kappa shape index (κ3) is 5.71. The van der Waals surface area contributed by atoms with Crippen LogP contribution in [0.15, 0.2) is 32.9 Å². The van der Waals surface area contributed by atoms with Crippen LogP contribution >= 0.6 is 34.8 Å². The molecule has 0 saturated heterocycles. The van der Waals surface area contributed by atoms with E-state index in [1.807, 2.05) is 0 Å². The van der Waals surface area contributed by atoms with E-state index in [2.05, 4.69) is 33.8 Å². The van der Waals surface area contributed by atoms with Crippen LogP contribution in [0.5, 0.6) is 0 Å². The van der Waals surface area contributed by atoms with Crippen molar-refractivity contribution < 1.29 is 0 Å². The van der Waals surface area contributed by atoms with E-state index in [4.69, 9.17) is 34.8 Å². The molecule has 6 atom stereocenters. The van der Waals surface area contributed by atoms with E-state index >= 15 is 0 Å². The lowest BCUT2D eigenvalue weighted by molar-refractivity contribution is 0.227. The van der Waals surface area contributed by atoms with E-state index in [1.54, 1.807) is 0 Å². The number of hydrogen-bond donors (Lipinski definition) is 0. The predicted octanol–water partition coefficient (Wildman–Crippen LogP) is 10.00. The monoisotopic (exact) mass is 470 g/mol. The van der Waals surface area contributed by atoms with Crippen molar-refractivity contribution in [3.05, 3.63) is 32.9 Å². The van der Waals surface area contributed by atoms with E-state index in [1.165, 1.54) is 48.8 Å². The highest BCUT2D eigenvalue weighted by Crippen LogP contribution is 2.47. The van der Waals surface area contributed by atoms with Gasteiger partial charge in [-0.05, 0) is 99.9 Å². The van der Waals surface area contributed by atoms with Crippen LogP contribution < -0.4 is 0 Å². The Morgan fingerprint density at radius 2 is 1.70 bits per heavy atom. The molecule has 0 aromatic rings. The Kier molecular flexibility index (Phi) is 9.31. The van der Waals surface area contributed by atoms with E-state index < -0.39 is 0 Å². The summed E-state index contributed by atoms with van der Waals surface area (Å²) in [4.78, 5) is 0. The fourth-order valence-electron chi connectivity index (χ4n) is 6.06. The van der Waals surface area contributed by atoms with Crippen LogP contribution in [0.1, 0.15) is 98.3 Å². The van der Waals surface area contributed by atoms with Gasteiger partial charge in [0.1, 0.15) is 0 Å². The Hall–Kier alpha value is 0.0900. The molecule has 2 bridgehead atoms. The highest BCUT2D eigenvalue weighted by atomic mass is 35.5. The van der Waals surface area contributed by atoms with Crippen LogP contribution in [0.2, 0.25) is 0 Å². The number of rotatable bonds is 4. The van der Waals surface area contributed by atoms with Crippen molar-refractivity contribution in [3.63, 3.8) is 0 Å². The Bertz CT molecular complexity index is 686. The molecular weight excluding hydrogens is 431 g/mol. The molecule has 0 heterocycles. The van der Waals surface area contributed by atoms with E-state index in [0.717, 1.165) is 48.6 Å². The first-order chi connectivity index (χ1) is 14.3. The molecule has 0 spiro atoms. The summed E-state index contributed by atoms with van der Waals surface area (Å²) < 4.78 is 0. The quantitative estimate of drug-likeness (QED) is 0.358. The molecule has 3 aliphatic carbocycles. The van der Waals surface area contributed by atoms with Crippen molar-refractivity contribution in [2.75, 3.05) is 0 Å². The van der Waals surface area contributed by atoms with Crippen LogP contribution in [-0.4, -0.2) is 5.38 Å². The molecule has 0 amide bonds. The molecule has 3 aliphatic rings. The number of hydrogen-bond acceptors (Lipinski definition) is 0. The van der Waals surface area contributed by atoms with Crippen molar-refractivity contribution in [2.24, 2.45) is 29.6 Å². The molecular formula is C27H41Cl3. The maximum absolute atomic E-state index is 7.20. The Morgan fingerprint density at radius 3 is 2.33 bits per heavy atom. The molecule has 3 heteroatoms. The minimum absolute atomic E-state index is 0.222. The van der Waals surface area contributed by atoms with Gasteiger partial charge in [-0.15, -0.1) is 11.6 Å². The van der Waals surface area contributed by atoms with Crippen LogP contribution in [0.4, 0.5) is 0 Å². The Labute approximate surface area is 200 Å². The first-order valence-electron chi connectivity index (χ1n) is 12.4. The lowest BCUT2D eigenvalue weighted by Crippen LogP contribution is -2.28. The zero-order valence-electron chi connectivity index (χ0n) is 19.5. The minimum atomic E-state index is 0.222. The van der Waals surface area contributed by atoms with Crippen molar-refractivity contribution in [1.82, 2.24) is 0 Å². The lowest BCUT2D eigenvalue weighted by atomic mass is 9.70. The van der Waals surface area contributed by atoms with Crippen molar-refractivity contribution in [2.45, 2.75) is 104 Å². The van der Waals surface area contributed by atoms with Crippen LogP contribution in [0.3, 0.4) is 0 Å². The van der Waals surface area contributed by atoms with Gasteiger partial charge in [0.25, 0.3) is 0 Å². The summed E-state index contributed by atoms with van der Waals surface area (Å²) in [5.74, 6) is 2.94. The first-order valence-corrected chi connectivity index (χ1v) is 13.6. The second-order valence-electron chi connectivity index (χ2n) is 10.3. The summed E-state index contributed by atoms with van der Waals surface area (Å²) in [6.45, 7) is 9.19. The summed E-state index contributed by atoms with van der Waals surface area (Å²) in [6, 6.07) is 0. The van der Waals surface area contributed by atoms with E-state index in [0.29, 0.717) is 29.6 Å². The maximum atomic E-state index is 7.20. The highest BCUT2D eigenvalue weighted by Gasteiger charge is 2.36. The maximum Gasteiger partial charge on any atom is 0.0398 e. The van der Waals surface area contributed by atoms with Crippen molar-refractivity contribution in [3.8, 4) is 0 Å². The molecule has 0 nitrogen and oxygen atoms in total. The molecule has 0 radical (unpaired) electrons. The zero-order chi connectivity index (χ0) is 21.8. The van der Waals surface area contributed by atoms with Crippen molar-refractivity contribution >= 4 is 34.8 Å². The third-order valence-electron chi connectivity index (χ3n) is 8.11. The Balaban J connectivity index is 1.97. The van der Waals surface area contributed by atoms with Gasteiger partial charge in [-0.25, -0.2) is 0 Å². The van der Waals surface area contributed by atoms with E-state index in [9.17, 15) is 0 Å². The van der Waals surface area contributed by atoms with Gasteiger partial charge < -0.3 is 0 Å². The smallest absolute Gasteiger partial charge is 0.0398 e. The third-order valence-corrected chi connectivity index (χ3v) is 9.59. The predicted molar refractivity (Wildman–Crippen MR) is 134 cm³/mol. The molecule has 2 saturated carbocycles. The van der Waals surface area contributed by atoms with Crippen LogP contribution in [-0.2, 0) is 0 Å². The van der Waals surface area contributed by atoms with Gasteiger partial charge in [0.05, 0.1) is 0 Å². The summed E-state index contributed by atoms with van der Waals surface area (Å²) in [6.07, 6.45) is 15.2. The molecule has 30 heavy (non-hydrogen) atoms. The summed E-state index contributed by atoms with van der Waals surface area (Å²) in [5, 5.41) is 2.45. The zero-order valence-corrected chi connectivity index (χ0v) is 21.7. The summed E-state index contributed by atoms with van der Waals surface area (Å²) in [7, 11) is 0. The normalized spacial score (nSPS) is 42.6. The molecule has 0 aromatic carbocycles. The second kappa shape index (κ2) is 11.3. The standard InChI is InChI=1S/C27H41Cl3/c1-5-7-23-17(3)13-19-9-10-20(19)16-25(28)21-11-12-22(15-21)27(30)24(8-6-2)18(4)14-26(23)29/h13,18-20,22,24,27H,5-12,14-16H2,1-4H3/b17-13+,25-21+,26-23-. The molecule has 2 fully saturated rings. The van der Waals surface area contributed by atoms with Gasteiger partial charge in [0.15, 0.2) is 0 Å². The summed E-state index contributed by atoms with van der Waals surface area (Å²) >= 11 is 21.1. The number of halogens is 3. The lowest BCUT2D eigenvalue weighted by Gasteiger charge is -2.35. The van der Waals surface area contributed by atoms with Gasteiger partial charge in [-0.2, -0.15) is 0 Å². The first kappa shape index (κ1) is 24.7. The van der Waals surface area contributed by atoms with Gasteiger partial charge in [-0.3, -0.25) is 0 Å². The molecule has 3 rings (SSSR count). The van der Waals surface area contributed by atoms with E-state index in [-0.39, 0.29) is 5.38 Å².